The molecule has 0 fully saturated rings. The van der Waals surface area contributed by atoms with Crippen LogP contribution in [0.5, 0.6) is 11.5 Å². The van der Waals surface area contributed by atoms with Gasteiger partial charge in [0.1, 0.15) is 17.4 Å². The summed E-state index contributed by atoms with van der Waals surface area (Å²) in [4.78, 5) is 22.1. The number of pyridine rings is 1. The van der Waals surface area contributed by atoms with Crippen molar-refractivity contribution in [2.24, 2.45) is 13.0 Å². The number of Topliss-reactive ketones (excluding diaryl/α,β-unsaturated/α-hetero) is 1. The SMILES string of the molecule is CCCNCc1cnc(-c2cc3nccc(Oc4ccc(CC(=O)CC(C)C)cc4F)c3s2)n1C. The van der Waals surface area contributed by atoms with Crippen LogP contribution in [-0.2, 0) is 24.8 Å². The van der Waals surface area contributed by atoms with Gasteiger partial charge in [-0.15, -0.1) is 11.3 Å². The average molecular weight is 495 g/mol. The fourth-order valence-electron chi connectivity index (χ4n) is 3.95. The highest BCUT2D eigenvalue weighted by atomic mass is 32.1. The number of hydrogen-bond donors (Lipinski definition) is 1. The Labute approximate surface area is 209 Å². The summed E-state index contributed by atoms with van der Waals surface area (Å²) in [7, 11) is 2.00. The van der Waals surface area contributed by atoms with Crippen molar-refractivity contribution in [3.05, 3.63) is 59.8 Å². The summed E-state index contributed by atoms with van der Waals surface area (Å²) in [6, 6.07) is 8.44. The van der Waals surface area contributed by atoms with E-state index < -0.39 is 5.82 Å². The Morgan fingerprint density at radius 2 is 2.03 bits per heavy atom. The number of thiophene rings is 1. The van der Waals surface area contributed by atoms with Gasteiger partial charge in [0, 0.05) is 38.7 Å². The molecule has 1 aromatic carbocycles. The first kappa shape index (κ1) is 25.0. The zero-order chi connectivity index (χ0) is 24.9. The molecule has 4 rings (SSSR count). The Kier molecular flexibility index (Phi) is 7.93. The van der Waals surface area contributed by atoms with E-state index in [2.05, 4.69) is 26.8 Å². The van der Waals surface area contributed by atoms with E-state index in [0.717, 1.165) is 46.1 Å². The van der Waals surface area contributed by atoms with Gasteiger partial charge < -0.3 is 14.6 Å². The van der Waals surface area contributed by atoms with Crippen LogP contribution in [0.2, 0.25) is 0 Å². The van der Waals surface area contributed by atoms with Crippen LogP contribution < -0.4 is 10.1 Å². The lowest BCUT2D eigenvalue weighted by atomic mass is 10.0. The number of rotatable bonds is 11. The van der Waals surface area contributed by atoms with Gasteiger partial charge in [0.15, 0.2) is 11.6 Å². The van der Waals surface area contributed by atoms with Gasteiger partial charge in [0.2, 0.25) is 0 Å². The molecule has 0 saturated heterocycles. The Balaban J connectivity index is 1.55. The average Bonchev–Trinajstić information content (AvgIpc) is 3.39. The number of benzene rings is 1. The van der Waals surface area contributed by atoms with Gasteiger partial charge in [-0.1, -0.05) is 26.8 Å². The quantitative estimate of drug-likeness (QED) is 0.248. The van der Waals surface area contributed by atoms with Gasteiger partial charge in [-0.25, -0.2) is 9.37 Å². The zero-order valence-corrected chi connectivity index (χ0v) is 21.4. The maximum atomic E-state index is 14.8. The summed E-state index contributed by atoms with van der Waals surface area (Å²) in [6.45, 7) is 7.85. The molecule has 3 aromatic heterocycles. The molecule has 0 atom stereocenters. The van der Waals surface area contributed by atoms with Gasteiger partial charge in [0.05, 0.1) is 27.0 Å². The van der Waals surface area contributed by atoms with Crippen LogP contribution in [0.1, 0.15) is 44.9 Å². The summed E-state index contributed by atoms with van der Waals surface area (Å²) in [5.41, 5.74) is 2.52. The van der Waals surface area contributed by atoms with Crippen molar-refractivity contribution < 1.29 is 13.9 Å². The second kappa shape index (κ2) is 11.1. The Bertz CT molecular complexity index is 1330. The third-order valence-electron chi connectivity index (χ3n) is 5.67. The van der Waals surface area contributed by atoms with Gasteiger partial charge in [-0.3, -0.25) is 9.78 Å². The lowest BCUT2D eigenvalue weighted by molar-refractivity contribution is -0.119. The molecule has 0 bridgehead atoms. The number of fused-ring (bicyclic) bond motifs is 1. The summed E-state index contributed by atoms with van der Waals surface area (Å²) in [5, 5.41) is 3.40. The number of nitrogens with one attached hydrogen (secondary N) is 1. The molecule has 3 heterocycles. The maximum absolute atomic E-state index is 14.8. The minimum absolute atomic E-state index is 0.105. The van der Waals surface area contributed by atoms with Crippen LogP contribution in [0.25, 0.3) is 20.9 Å². The Hall–Kier alpha value is -3.10. The van der Waals surface area contributed by atoms with Crippen LogP contribution in [0.4, 0.5) is 4.39 Å². The van der Waals surface area contributed by atoms with Crippen molar-refractivity contribution >= 4 is 27.3 Å². The zero-order valence-electron chi connectivity index (χ0n) is 20.6. The summed E-state index contributed by atoms with van der Waals surface area (Å²) in [5.74, 6) is 1.41. The molecule has 0 aliphatic carbocycles. The molecule has 0 saturated carbocycles. The van der Waals surface area contributed by atoms with E-state index in [1.807, 2.05) is 33.2 Å². The lowest BCUT2D eigenvalue weighted by Crippen LogP contribution is -2.16. The standard InChI is InChI=1S/C27H31FN4O2S/c1-5-9-29-15-19-16-31-27(32(19)4)25-14-22-26(35-25)24(8-10-30-22)34-23-7-6-18(13-21(23)28)12-20(33)11-17(2)3/h6-8,10,13-14,16-17,29H,5,9,11-12,15H2,1-4H3. The second-order valence-electron chi connectivity index (χ2n) is 9.12. The molecule has 1 N–H and O–H groups in total. The third-order valence-corrected chi connectivity index (χ3v) is 6.80. The van der Waals surface area contributed by atoms with Crippen molar-refractivity contribution in [3.8, 4) is 22.2 Å². The molecule has 0 unspecified atom stereocenters. The highest BCUT2D eigenvalue weighted by Crippen LogP contribution is 2.39. The van der Waals surface area contributed by atoms with Gasteiger partial charge in [-0.05, 0) is 42.6 Å². The molecule has 184 valence electrons. The van der Waals surface area contributed by atoms with Crippen LogP contribution in [0, 0.1) is 11.7 Å². The number of imidazole rings is 1. The number of carbonyl (C=O) groups excluding carboxylic acids is 1. The van der Waals surface area contributed by atoms with Crippen molar-refractivity contribution in [1.29, 1.82) is 0 Å². The summed E-state index contributed by atoms with van der Waals surface area (Å²) < 4.78 is 23.7. The van der Waals surface area contributed by atoms with Crippen molar-refractivity contribution in [1.82, 2.24) is 19.9 Å². The smallest absolute Gasteiger partial charge is 0.166 e. The molecule has 0 aliphatic rings. The maximum Gasteiger partial charge on any atom is 0.166 e. The summed E-state index contributed by atoms with van der Waals surface area (Å²) in [6.07, 6.45) is 5.33. The van der Waals surface area contributed by atoms with Crippen molar-refractivity contribution in [2.45, 2.75) is 46.6 Å². The normalized spacial score (nSPS) is 11.5. The van der Waals surface area contributed by atoms with Gasteiger partial charge >= 0.3 is 0 Å². The highest BCUT2D eigenvalue weighted by Gasteiger charge is 2.17. The minimum Gasteiger partial charge on any atom is -0.453 e. The number of ketones is 1. The predicted octanol–water partition coefficient (Wildman–Crippen LogP) is 6.29. The van der Waals surface area contributed by atoms with E-state index >= 15 is 0 Å². The topological polar surface area (TPSA) is 69.0 Å². The summed E-state index contributed by atoms with van der Waals surface area (Å²) >= 11 is 1.52. The fourth-order valence-corrected chi connectivity index (χ4v) is 5.05. The van der Waals surface area contributed by atoms with E-state index in [9.17, 15) is 9.18 Å². The first-order chi connectivity index (χ1) is 16.9. The molecule has 0 aliphatic heterocycles. The minimum atomic E-state index is -0.491. The van der Waals surface area contributed by atoms with Crippen LogP contribution in [0.3, 0.4) is 0 Å². The van der Waals surface area contributed by atoms with E-state index in [0.29, 0.717) is 17.7 Å². The number of aromatic nitrogens is 3. The molecule has 8 heteroatoms. The molecular formula is C27H31FN4O2S. The molecule has 0 radical (unpaired) electrons. The highest BCUT2D eigenvalue weighted by molar-refractivity contribution is 7.22. The van der Waals surface area contributed by atoms with Gasteiger partial charge in [-0.2, -0.15) is 0 Å². The molecule has 0 spiro atoms. The largest absolute Gasteiger partial charge is 0.453 e. The predicted molar refractivity (Wildman–Crippen MR) is 138 cm³/mol. The monoisotopic (exact) mass is 494 g/mol. The number of carbonyl (C=O) groups is 1. The number of hydrogen-bond acceptors (Lipinski definition) is 6. The van der Waals surface area contributed by atoms with E-state index in [1.54, 1.807) is 24.4 Å². The van der Waals surface area contributed by atoms with Crippen LogP contribution >= 0.6 is 11.3 Å². The molecule has 6 nitrogen and oxygen atoms in total. The van der Waals surface area contributed by atoms with Crippen LogP contribution in [-0.4, -0.2) is 26.9 Å². The number of ether oxygens (including phenoxy) is 1. The number of nitrogens with zero attached hydrogens (tertiary/aromatic N) is 3. The second-order valence-corrected chi connectivity index (χ2v) is 10.2. The van der Waals surface area contributed by atoms with E-state index in [1.165, 1.54) is 17.4 Å². The van der Waals surface area contributed by atoms with Gasteiger partial charge in [0.25, 0.3) is 0 Å². The van der Waals surface area contributed by atoms with Crippen molar-refractivity contribution in [2.75, 3.05) is 6.54 Å². The fraction of sp³-hybridized carbons (Fsp3) is 0.370. The molecule has 35 heavy (non-hydrogen) atoms. The third kappa shape index (κ3) is 5.94. The van der Waals surface area contributed by atoms with E-state index in [4.69, 9.17) is 4.74 Å². The first-order valence-corrected chi connectivity index (χ1v) is 12.8. The van der Waals surface area contributed by atoms with Crippen LogP contribution in [0.15, 0.2) is 42.7 Å². The van der Waals surface area contributed by atoms with Crippen molar-refractivity contribution in [3.63, 3.8) is 0 Å². The lowest BCUT2D eigenvalue weighted by Gasteiger charge is -2.09. The molecule has 4 aromatic rings. The Morgan fingerprint density at radius 3 is 2.77 bits per heavy atom. The van der Waals surface area contributed by atoms with E-state index in [-0.39, 0.29) is 23.9 Å². The number of halogens is 1. The first-order valence-electron chi connectivity index (χ1n) is 11.9. The molecular weight excluding hydrogens is 463 g/mol. The molecule has 0 amide bonds. The Morgan fingerprint density at radius 1 is 1.20 bits per heavy atom.